The number of aryl methyl sites for hydroxylation is 1. The topological polar surface area (TPSA) is 72.9 Å². The van der Waals surface area contributed by atoms with Gasteiger partial charge in [0.15, 0.2) is 0 Å². The van der Waals surface area contributed by atoms with E-state index in [0.29, 0.717) is 16.6 Å². The molecular weight excluding hydrogens is 261 g/mol. The van der Waals surface area contributed by atoms with E-state index in [-0.39, 0.29) is 13.1 Å². The molecule has 7 heteroatoms. The number of hydrogen-bond acceptors (Lipinski definition) is 6. The molecule has 0 bridgehead atoms. The predicted octanol–water partition coefficient (Wildman–Crippen LogP) is -0.465. The van der Waals surface area contributed by atoms with Gasteiger partial charge in [-0.25, -0.2) is 0 Å². The van der Waals surface area contributed by atoms with Gasteiger partial charge in [0.25, 0.3) is 0 Å². The Hall–Kier alpha value is -2.15. The molecular formula is C13H14BNO5. The van der Waals surface area contributed by atoms with Crippen LogP contribution in [-0.4, -0.2) is 50.4 Å². The monoisotopic (exact) mass is 275 g/mol. The van der Waals surface area contributed by atoms with Gasteiger partial charge >= 0.3 is 19.1 Å². The lowest BCUT2D eigenvalue weighted by Gasteiger charge is -2.23. The highest BCUT2D eigenvalue weighted by Crippen LogP contribution is 2.06. The average Bonchev–Trinajstić information content (AvgIpc) is 2.35. The Kier molecular flexibility index (Phi) is 4.19. The van der Waals surface area contributed by atoms with E-state index < -0.39 is 19.1 Å². The summed E-state index contributed by atoms with van der Waals surface area (Å²) < 4.78 is 10.3. The molecule has 1 aliphatic heterocycles. The number of nitrogens with zero attached hydrogens (tertiary/aromatic N) is 1. The highest BCUT2D eigenvalue weighted by molar-refractivity contribution is 6.65. The van der Waals surface area contributed by atoms with E-state index in [1.54, 1.807) is 32.2 Å². The molecule has 1 saturated heterocycles. The van der Waals surface area contributed by atoms with E-state index in [0.717, 1.165) is 6.29 Å². The second-order valence-corrected chi connectivity index (χ2v) is 4.72. The van der Waals surface area contributed by atoms with Gasteiger partial charge in [-0.3, -0.25) is 19.3 Å². The smallest absolute Gasteiger partial charge is 0.494 e. The van der Waals surface area contributed by atoms with Crippen molar-refractivity contribution in [2.24, 2.45) is 0 Å². The second-order valence-electron chi connectivity index (χ2n) is 4.72. The minimum atomic E-state index is -1.07. The van der Waals surface area contributed by atoms with Crippen LogP contribution in [0.5, 0.6) is 0 Å². The quantitative estimate of drug-likeness (QED) is 0.537. The third kappa shape index (κ3) is 3.24. The van der Waals surface area contributed by atoms with Crippen LogP contribution in [0.4, 0.5) is 0 Å². The van der Waals surface area contributed by atoms with E-state index in [1.165, 1.54) is 4.90 Å². The summed E-state index contributed by atoms with van der Waals surface area (Å²) in [5.41, 5.74) is 1.78. The molecule has 104 valence electrons. The molecule has 0 radical (unpaired) electrons. The lowest BCUT2D eigenvalue weighted by Crippen LogP contribution is -2.48. The molecule has 1 heterocycles. The van der Waals surface area contributed by atoms with E-state index in [4.69, 9.17) is 9.31 Å². The number of carbonyl (C=O) groups excluding carboxylic acids is 3. The molecule has 1 aromatic rings. The van der Waals surface area contributed by atoms with Crippen molar-refractivity contribution < 1.29 is 23.7 Å². The number of benzene rings is 1. The average molecular weight is 275 g/mol. The Labute approximate surface area is 116 Å². The van der Waals surface area contributed by atoms with Crippen molar-refractivity contribution in [2.75, 3.05) is 20.1 Å². The Morgan fingerprint density at radius 3 is 2.30 bits per heavy atom. The fourth-order valence-corrected chi connectivity index (χ4v) is 2.00. The van der Waals surface area contributed by atoms with Crippen molar-refractivity contribution in [3.05, 3.63) is 29.3 Å². The number of likely N-dealkylation sites (N-methyl/N-ethyl adjacent to an activating group) is 1. The third-order valence-corrected chi connectivity index (χ3v) is 2.96. The minimum absolute atomic E-state index is 0.0249. The van der Waals surface area contributed by atoms with Gasteiger partial charge in [-0.2, -0.15) is 0 Å². The maximum absolute atomic E-state index is 11.7. The van der Waals surface area contributed by atoms with Crippen LogP contribution in [0.1, 0.15) is 15.9 Å². The molecule has 1 aromatic carbocycles. The summed E-state index contributed by atoms with van der Waals surface area (Å²) in [6.07, 6.45) is 0.724. The molecule has 2 rings (SSSR count). The van der Waals surface area contributed by atoms with Gasteiger partial charge in [0.05, 0.1) is 13.1 Å². The fraction of sp³-hybridized carbons (Fsp3) is 0.308. The largest absolute Gasteiger partial charge is 0.636 e. The van der Waals surface area contributed by atoms with Crippen LogP contribution < -0.4 is 5.46 Å². The Balaban J connectivity index is 2.27. The molecule has 0 saturated carbocycles. The zero-order valence-electron chi connectivity index (χ0n) is 11.3. The van der Waals surface area contributed by atoms with Crippen LogP contribution in [0.2, 0.25) is 0 Å². The second kappa shape index (κ2) is 5.87. The number of hydrogen-bond donors (Lipinski definition) is 0. The van der Waals surface area contributed by atoms with Gasteiger partial charge in [-0.15, -0.1) is 0 Å². The van der Waals surface area contributed by atoms with Crippen LogP contribution in [-0.2, 0) is 18.9 Å². The molecule has 0 spiro atoms. The molecule has 0 aromatic heterocycles. The van der Waals surface area contributed by atoms with Gasteiger partial charge in [-0.1, -0.05) is 12.1 Å². The molecule has 0 atom stereocenters. The van der Waals surface area contributed by atoms with Crippen molar-refractivity contribution >= 4 is 30.8 Å². The van der Waals surface area contributed by atoms with Crippen LogP contribution in [0.3, 0.4) is 0 Å². The molecule has 0 unspecified atom stereocenters. The van der Waals surface area contributed by atoms with Crippen molar-refractivity contribution in [2.45, 2.75) is 6.92 Å². The molecule has 0 amide bonds. The Morgan fingerprint density at radius 2 is 1.80 bits per heavy atom. The maximum atomic E-state index is 11.7. The van der Waals surface area contributed by atoms with Crippen molar-refractivity contribution in [1.82, 2.24) is 4.90 Å². The Bertz CT molecular complexity index is 540. The van der Waals surface area contributed by atoms with Crippen LogP contribution in [0.25, 0.3) is 0 Å². The first-order valence-corrected chi connectivity index (χ1v) is 6.13. The van der Waals surface area contributed by atoms with Crippen LogP contribution >= 0.6 is 0 Å². The highest BCUT2D eigenvalue weighted by atomic mass is 16.6. The summed E-state index contributed by atoms with van der Waals surface area (Å²) in [7, 11) is 0.567. The number of carbonyl (C=O) groups is 3. The maximum Gasteiger partial charge on any atom is 0.636 e. The molecule has 0 aliphatic carbocycles. The predicted molar refractivity (Wildman–Crippen MR) is 71.6 cm³/mol. The van der Waals surface area contributed by atoms with E-state index >= 15 is 0 Å². The molecule has 1 aliphatic rings. The summed E-state index contributed by atoms with van der Waals surface area (Å²) in [4.78, 5) is 35.5. The highest BCUT2D eigenvalue weighted by Gasteiger charge is 2.34. The first kappa shape index (κ1) is 14.3. The molecule has 1 fully saturated rings. The standard InChI is InChI=1S/C13H14BNO5/c1-9-5-10(8-16)3-4-11(9)14-19-12(17)6-15(2)7-13(18)20-14/h3-5,8H,6-7H2,1-2H3. The SMILES string of the molecule is Cc1cc(C=O)ccc1B1OC(=O)CN(C)CC(=O)O1. The lowest BCUT2D eigenvalue weighted by molar-refractivity contribution is -0.145. The summed E-state index contributed by atoms with van der Waals surface area (Å²) >= 11 is 0. The summed E-state index contributed by atoms with van der Waals surface area (Å²) in [6.45, 7) is 1.81. The third-order valence-electron chi connectivity index (χ3n) is 2.96. The van der Waals surface area contributed by atoms with E-state index in [9.17, 15) is 14.4 Å². The first-order valence-electron chi connectivity index (χ1n) is 6.13. The molecule has 20 heavy (non-hydrogen) atoms. The van der Waals surface area contributed by atoms with Gasteiger partial charge in [0.1, 0.15) is 6.29 Å². The van der Waals surface area contributed by atoms with Gasteiger partial charge in [0, 0.05) is 11.0 Å². The van der Waals surface area contributed by atoms with Gasteiger partial charge in [-0.05, 0) is 25.6 Å². The zero-order valence-corrected chi connectivity index (χ0v) is 11.3. The summed E-state index contributed by atoms with van der Waals surface area (Å²) in [5, 5.41) is 0. The molecule has 0 N–H and O–H groups in total. The van der Waals surface area contributed by atoms with Crippen LogP contribution in [0.15, 0.2) is 18.2 Å². The summed E-state index contributed by atoms with van der Waals surface area (Å²) in [6, 6.07) is 4.85. The van der Waals surface area contributed by atoms with Crippen molar-refractivity contribution in [3.8, 4) is 0 Å². The molecule has 6 nitrogen and oxygen atoms in total. The number of aldehydes is 1. The van der Waals surface area contributed by atoms with E-state index in [2.05, 4.69) is 0 Å². The lowest BCUT2D eigenvalue weighted by atomic mass is 9.75. The Morgan fingerprint density at radius 1 is 1.20 bits per heavy atom. The normalized spacial score (nSPS) is 17.0. The summed E-state index contributed by atoms with van der Waals surface area (Å²) in [5.74, 6) is -0.937. The van der Waals surface area contributed by atoms with E-state index in [1.807, 2.05) is 0 Å². The number of rotatable bonds is 2. The van der Waals surface area contributed by atoms with Crippen molar-refractivity contribution in [1.29, 1.82) is 0 Å². The van der Waals surface area contributed by atoms with Crippen LogP contribution in [0, 0.1) is 6.92 Å². The minimum Gasteiger partial charge on any atom is -0.494 e. The van der Waals surface area contributed by atoms with Crippen molar-refractivity contribution in [3.63, 3.8) is 0 Å². The van der Waals surface area contributed by atoms with Gasteiger partial charge < -0.3 is 9.31 Å². The first-order chi connectivity index (χ1) is 9.49. The van der Waals surface area contributed by atoms with Gasteiger partial charge in [0.2, 0.25) is 0 Å². The fourth-order valence-electron chi connectivity index (χ4n) is 2.00. The zero-order chi connectivity index (χ0) is 14.7.